The zero-order valence-electron chi connectivity index (χ0n) is 52.0. The number of aromatic amines is 1. The van der Waals surface area contributed by atoms with Crippen molar-refractivity contribution in [2.45, 2.75) is 137 Å². The first kappa shape index (κ1) is 65.0. The van der Waals surface area contributed by atoms with Crippen molar-refractivity contribution in [2.75, 3.05) is 31.3 Å². The molecule has 482 valence electrons. The number of ketones is 2. The lowest BCUT2D eigenvalue weighted by Gasteiger charge is -2.46. The minimum atomic E-state index is -1.29. The highest BCUT2D eigenvalue weighted by atomic mass is 33.1. The molecule has 2 saturated carbocycles. The molecule has 6 aromatic rings. The number of allylic oxidation sites excluding steroid dienone is 3. The molecule has 5 aliphatic carbocycles. The van der Waals surface area contributed by atoms with Gasteiger partial charge in [-0.3, -0.25) is 9.59 Å². The molecule has 2 fully saturated rings. The maximum Gasteiger partial charge on any atom is 0.165 e. The summed E-state index contributed by atoms with van der Waals surface area (Å²) in [6, 6.07) is 34.0. The van der Waals surface area contributed by atoms with Crippen LogP contribution in [0.1, 0.15) is 153 Å². The minimum Gasteiger partial charge on any atom is -0.508 e. The van der Waals surface area contributed by atoms with E-state index in [-0.39, 0.29) is 102 Å². The van der Waals surface area contributed by atoms with Crippen LogP contribution in [-0.2, 0) is 49.1 Å². The number of fused-ring (bicyclic) bond motifs is 14. The van der Waals surface area contributed by atoms with Gasteiger partial charge in [0.25, 0.3) is 0 Å². The van der Waals surface area contributed by atoms with Crippen molar-refractivity contribution in [3.05, 3.63) is 206 Å². The Bertz CT molecular complexity index is 3820. The average molecular weight is 1310 g/mol. The number of carbonyl (C=O) groups is 2. The number of aliphatic hydroxyl groups is 4. The summed E-state index contributed by atoms with van der Waals surface area (Å²) in [5.41, 5.74) is 21.8. The first-order valence-electron chi connectivity index (χ1n) is 33.0. The molecule has 2 aliphatic heterocycles. The van der Waals surface area contributed by atoms with Gasteiger partial charge in [-0.15, -0.1) is 0 Å². The molecule has 0 amide bonds. The van der Waals surface area contributed by atoms with Gasteiger partial charge >= 0.3 is 0 Å². The molecule has 0 radical (unpaired) electrons. The molecule has 92 heavy (non-hydrogen) atoms. The van der Waals surface area contributed by atoms with Gasteiger partial charge in [-0.05, 0) is 192 Å². The van der Waals surface area contributed by atoms with Gasteiger partial charge in [0, 0.05) is 76.9 Å². The second-order valence-electron chi connectivity index (χ2n) is 27.4. The monoisotopic (exact) mass is 1310 g/mol. The number of hydrogen-bond acceptors (Lipinski definition) is 15. The molecular formula is C76H85N3O9S4. The lowest BCUT2D eigenvalue weighted by Crippen LogP contribution is -2.44. The summed E-state index contributed by atoms with van der Waals surface area (Å²) >= 11 is 0. The summed E-state index contributed by atoms with van der Waals surface area (Å²) in [5, 5.41) is 72.0. The largest absolute Gasteiger partial charge is 0.508 e. The standard InChI is InChI=1S/C76H85N3O9S4/c77-73(78)62-34-50-8-4-10-67-59(24-28-79-67)70(85)37-63-60(50)36-53(62)41-89-90-42-55-39-74(27-23-56(82)18-13-48-16-21-69(84)71(32-48)88-29-25-49-15-20-68(83)64(63)31-49)44-76(55,87)72-22-17-54(74)33-52-38-75(86,45-81)26-5-9-58-61(52)35-51-30-47(12-11-46-6-2-1-3-7-46)14-19-57(51)65(40-80)66(58)43-91-92-72/h1-3,6-7,14-17,19-24,27-28,30-32,34,36,52,54-55,58,61,63,65-66,72-73,79-81,83-84,86-87H,5,9-13,18,25-26,29,33,35,37-45,77-78H2. The molecule has 12 unspecified atom stereocenters. The summed E-state index contributed by atoms with van der Waals surface area (Å²) in [6.45, 7) is -0.132. The number of aryl methyl sites for hydroxylation is 3. The van der Waals surface area contributed by atoms with E-state index in [0.717, 1.165) is 71.4 Å². The molecule has 16 heteroatoms. The fourth-order valence-corrected chi connectivity index (χ4v) is 22.8. The van der Waals surface area contributed by atoms with Gasteiger partial charge in [0.2, 0.25) is 0 Å². The Morgan fingerprint density at radius 1 is 0.761 bits per heavy atom. The molecule has 1 spiro atoms. The van der Waals surface area contributed by atoms with Crippen molar-refractivity contribution < 1.29 is 45.0 Å². The average Bonchev–Trinajstić information content (AvgIpc) is 1.61. The van der Waals surface area contributed by atoms with Crippen LogP contribution in [0.25, 0.3) is 0 Å². The quantitative estimate of drug-likeness (QED) is 0.0327. The Morgan fingerprint density at radius 3 is 2.41 bits per heavy atom. The lowest BCUT2D eigenvalue weighted by molar-refractivity contribution is -0.114. The van der Waals surface area contributed by atoms with Gasteiger partial charge in [0.15, 0.2) is 23.1 Å². The van der Waals surface area contributed by atoms with Crippen LogP contribution in [0.15, 0.2) is 134 Å². The number of carbonyl (C=O) groups excluding carboxylic acids is 2. The van der Waals surface area contributed by atoms with Crippen molar-refractivity contribution in [3.8, 4) is 29.1 Å². The number of hydrogen-bond donors (Lipinski definition) is 9. The molecule has 1 aromatic heterocycles. The highest BCUT2D eigenvalue weighted by Crippen LogP contribution is 2.64. The number of aromatic nitrogens is 1. The number of rotatable bonds is 6. The number of ether oxygens (including phenoxy) is 1. The molecule has 13 rings (SSSR count). The third-order valence-electron chi connectivity index (χ3n) is 21.9. The Balaban J connectivity index is 0.885. The van der Waals surface area contributed by atoms with Crippen LogP contribution in [0.3, 0.4) is 0 Å². The summed E-state index contributed by atoms with van der Waals surface area (Å²) in [6.07, 6.45) is 17.7. The smallest absolute Gasteiger partial charge is 0.165 e. The number of phenolic OH excluding ortho intramolecular Hbond substituents is 2. The summed E-state index contributed by atoms with van der Waals surface area (Å²) < 4.78 is 6.30. The van der Waals surface area contributed by atoms with Crippen LogP contribution in [-0.4, -0.2) is 95.0 Å². The Morgan fingerprint density at radius 2 is 1.59 bits per heavy atom. The van der Waals surface area contributed by atoms with Crippen molar-refractivity contribution in [2.24, 2.45) is 52.4 Å². The van der Waals surface area contributed by atoms with Gasteiger partial charge in [-0.25, -0.2) is 0 Å². The lowest BCUT2D eigenvalue weighted by atomic mass is 9.60. The van der Waals surface area contributed by atoms with Crippen LogP contribution in [0.5, 0.6) is 17.2 Å². The van der Waals surface area contributed by atoms with E-state index in [1.165, 1.54) is 22.3 Å². The van der Waals surface area contributed by atoms with Crippen LogP contribution < -0.4 is 16.2 Å². The number of H-pyrrole nitrogens is 1. The maximum absolute atomic E-state index is 14.6. The molecule has 5 aromatic carbocycles. The van der Waals surface area contributed by atoms with E-state index in [9.17, 15) is 40.2 Å². The number of aromatic hydroxyl groups is 2. The summed E-state index contributed by atoms with van der Waals surface area (Å²) in [4.78, 5) is 32.3. The van der Waals surface area contributed by atoms with Crippen molar-refractivity contribution in [1.29, 1.82) is 0 Å². The van der Waals surface area contributed by atoms with Gasteiger partial charge in [0.1, 0.15) is 5.75 Å². The minimum absolute atomic E-state index is 0.0160. The third kappa shape index (κ3) is 13.6. The molecule has 15 bridgehead atoms. The summed E-state index contributed by atoms with van der Waals surface area (Å²) in [7, 11) is 6.92. The predicted octanol–water partition coefficient (Wildman–Crippen LogP) is 12.6. The number of phenols is 2. The molecule has 0 saturated heterocycles. The third-order valence-corrected chi connectivity index (χ3v) is 27.1. The van der Waals surface area contributed by atoms with E-state index in [1.807, 2.05) is 35.1 Å². The number of benzene rings is 5. The summed E-state index contributed by atoms with van der Waals surface area (Å²) in [5.74, 6) is 8.05. The fourth-order valence-electron chi connectivity index (χ4n) is 17.0. The van der Waals surface area contributed by atoms with Gasteiger partial charge < -0.3 is 51.8 Å². The normalized spacial score (nSPS) is 30.0. The van der Waals surface area contributed by atoms with Crippen molar-refractivity contribution in [3.63, 3.8) is 0 Å². The Labute approximate surface area is 556 Å². The van der Waals surface area contributed by atoms with Gasteiger partial charge in [-0.1, -0.05) is 152 Å². The zero-order chi connectivity index (χ0) is 63.7. The molecule has 12 nitrogen and oxygen atoms in total. The molecule has 3 heterocycles. The second kappa shape index (κ2) is 28.0. The highest BCUT2D eigenvalue weighted by Gasteiger charge is 2.60. The molecule has 12 atom stereocenters. The zero-order valence-corrected chi connectivity index (χ0v) is 55.3. The Hall–Kier alpha value is -5.68. The van der Waals surface area contributed by atoms with E-state index < -0.39 is 28.7 Å². The van der Waals surface area contributed by atoms with E-state index in [0.29, 0.717) is 85.3 Å². The second-order valence-corrected chi connectivity index (χ2v) is 32.5. The molecule has 11 N–H and O–H groups in total. The first-order chi connectivity index (χ1) is 44.6. The fraction of sp³-hybridized carbons (Fsp3) is 0.447. The van der Waals surface area contributed by atoms with E-state index in [1.54, 1.807) is 68.9 Å². The van der Waals surface area contributed by atoms with Crippen LogP contribution >= 0.6 is 43.2 Å². The van der Waals surface area contributed by atoms with E-state index in [2.05, 4.69) is 89.7 Å². The topological polar surface area (TPSA) is 233 Å². The van der Waals surface area contributed by atoms with Crippen LogP contribution in [0.2, 0.25) is 0 Å². The van der Waals surface area contributed by atoms with Crippen LogP contribution in [0.4, 0.5) is 0 Å². The number of Topliss-reactive ketones (excluding diaryl/α,β-unsaturated/α-hetero) is 1. The van der Waals surface area contributed by atoms with Crippen LogP contribution in [0, 0.1) is 52.8 Å². The molecular weight excluding hydrogens is 1230 g/mol. The van der Waals surface area contributed by atoms with E-state index in [4.69, 9.17) is 16.2 Å². The first-order valence-corrected chi connectivity index (χ1v) is 37.8. The maximum atomic E-state index is 14.6. The van der Waals surface area contributed by atoms with Crippen molar-refractivity contribution >= 4 is 54.7 Å². The Kier molecular flexibility index (Phi) is 19.7. The van der Waals surface area contributed by atoms with Gasteiger partial charge in [-0.2, -0.15) is 0 Å². The number of aliphatic hydroxyl groups excluding tert-OH is 2. The van der Waals surface area contributed by atoms with E-state index >= 15 is 0 Å². The molecule has 7 aliphatic rings. The number of nitrogens with one attached hydrogen (secondary N) is 1. The number of nitrogens with two attached hydrogens (primary N) is 2. The highest BCUT2D eigenvalue weighted by molar-refractivity contribution is 8.77. The SMILES string of the molecule is NC(N)c1cc2c3cc1CSSCC1CC4(C=CC(=O)CCc5ccc(O)c(c5)OCCc5ccc(O)c(c5)C3CC(=O)c3cc[nH]c3CC#C2)CC1(O)C1C=CC4CC2CC(O)(CO)CCCC3C2Cc2cc(CCc4ccccc4)ccc2C(CO)C3CSS1. The van der Waals surface area contributed by atoms with Gasteiger partial charge in [0.05, 0.1) is 48.9 Å². The predicted molar refractivity (Wildman–Crippen MR) is 371 cm³/mol. The van der Waals surface area contributed by atoms with Crippen molar-refractivity contribution in [1.82, 2.24) is 4.98 Å².